The fourth-order valence-corrected chi connectivity index (χ4v) is 1.30. The van der Waals surface area contributed by atoms with Gasteiger partial charge < -0.3 is 15.2 Å². The summed E-state index contributed by atoms with van der Waals surface area (Å²) in [5, 5.41) is 11.6. The Morgan fingerprint density at radius 1 is 1.28 bits per heavy atom. The van der Waals surface area contributed by atoms with Gasteiger partial charge in [-0.1, -0.05) is 0 Å². The number of hydrogen-bond donors (Lipinski definition) is 2. The highest BCUT2D eigenvalue weighted by molar-refractivity contribution is 5.87. The second kappa shape index (κ2) is 5.13. The van der Waals surface area contributed by atoms with E-state index in [1.165, 1.54) is 18.3 Å². The number of benzene rings is 1. The van der Waals surface area contributed by atoms with Crippen LogP contribution in [0.1, 0.15) is 10.4 Å². The summed E-state index contributed by atoms with van der Waals surface area (Å²) in [6.45, 7) is 0. The van der Waals surface area contributed by atoms with Gasteiger partial charge in [-0.15, -0.1) is 0 Å². The summed E-state index contributed by atoms with van der Waals surface area (Å²) in [5.74, 6) is 0.459. The second-order valence-electron chi connectivity index (χ2n) is 3.42. The highest BCUT2D eigenvalue weighted by Crippen LogP contribution is 2.20. The van der Waals surface area contributed by atoms with Gasteiger partial charge in [0.1, 0.15) is 11.6 Å². The molecule has 0 aliphatic carbocycles. The monoisotopic (exact) mass is 245 g/mol. The standard InChI is InChI=1S/C12H11N3O3/c1-13-10-6-14-7-11(15-10)18-9-4-2-8(3-5-9)12(16)17/h2-7H,1H3,(H,13,15)(H,16,17). The molecule has 0 aliphatic rings. The smallest absolute Gasteiger partial charge is 0.335 e. The Hall–Kier alpha value is -2.63. The van der Waals surface area contributed by atoms with Gasteiger partial charge in [0.2, 0.25) is 5.88 Å². The topological polar surface area (TPSA) is 84.3 Å². The molecule has 1 aromatic carbocycles. The van der Waals surface area contributed by atoms with Gasteiger partial charge in [-0.05, 0) is 24.3 Å². The lowest BCUT2D eigenvalue weighted by atomic mass is 10.2. The van der Waals surface area contributed by atoms with E-state index in [1.54, 1.807) is 25.4 Å². The van der Waals surface area contributed by atoms with Crippen molar-refractivity contribution in [2.75, 3.05) is 12.4 Å². The molecule has 0 atom stereocenters. The molecule has 0 radical (unpaired) electrons. The van der Waals surface area contributed by atoms with Gasteiger partial charge in [0.15, 0.2) is 0 Å². The first-order chi connectivity index (χ1) is 8.69. The van der Waals surface area contributed by atoms with Gasteiger partial charge in [0.05, 0.1) is 18.0 Å². The maximum atomic E-state index is 10.7. The van der Waals surface area contributed by atoms with Crippen LogP contribution >= 0.6 is 0 Å². The van der Waals surface area contributed by atoms with Crippen LogP contribution in [0.5, 0.6) is 11.6 Å². The lowest BCUT2D eigenvalue weighted by molar-refractivity contribution is 0.0697. The van der Waals surface area contributed by atoms with Crippen LogP contribution in [0.2, 0.25) is 0 Å². The summed E-state index contributed by atoms with van der Waals surface area (Å²) in [7, 11) is 1.73. The lowest BCUT2D eigenvalue weighted by Crippen LogP contribution is -1.97. The molecular weight excluding hydrogens is 234 g/mol. The van der Waals surface area contributed by atoms with E-state index in [-0.39, 0.29) is 5.56 Å². The molecule has 2 N–H and O–H groups in total. The van der Waals surface area contributed by atoms with Gasteiger partial charge >= 0.3 is 5.97 Å². The molecule has 0 fully saturated rings. The minimum Gasteiger partial charge on any atom is -0.478 e. The molecule has 1 heterocycles. The highest BCUT2D eigenvalue weighted by Gasteiger charge is 2.04. The van der Waals surface area contributed by atoms with Crippen molar-refractivity contribution in [3.05, 3.63) is 42.2 Å². The van der Waals surface area contributed by atoms with E-state index in [4.69, 9.17) is 9.84 Å². The first kappa shape index (κ1) is 11.8. The summed E-state index contributed by atoms with van der Waals surface area (Å²) >= 11 is 0. The summed E-state index contributed by atoms with van der Waals surface area (Å²) < 4.78 is 5.45. The predicted octanol–water partition coefficient (Wildman–Crippen LogP) is 2.01. The molecule has 6 heteroatoms. The van der Waals surface area contributed by atoms with Gasteiger partial charge in [-0.3, -0.25) is 4.98 Å². The minimum absolute atomic E-state index is 0.206. The second-order valence-corrected chi connectivity index (χ2v) is 3.42. The van der Waals surface area contributed by atoms with Crippen molar-refractivity contribution >= 4 is 11.8 Å². The highest BCUT2D eigenvalue weighted by atomic mass is 16.5. The molecule has 92 valence electrons. The molecule has 0 saturated heterocycles. The van der Waals surface area contributed by atoms with Crippen molar-refractivity contribution in [3.8, 4) is 11.6 Å². The average Bonchev–Trinajstić information content (AvgIpc) is 2.39. The average molecular weight is 245 g/mol. The number of aromatic nitrogens is 2. The Kier molecular flexibility index (Phi) is 3.38. The minimum atomic E-state index is -0.974. The maximum absolute atomic E-state index is 10.7. The van der Waals surface area contributed by atoms with Gasteiger partial charge in [-0.25, -0.2) is 4.79 Å². The van der Waals surface area contributed by atoms with Gasteiger partial charge in [0.25, 0.3) is 0 Å². The SMILES string of the molecule is CNc1cncc(Oc2ccc(C(=O)O)cc2)n1. The Morgan fingerprint density at radius 3 is 2.61 bits per heavy atom. The van der Waals surface area contributed by atoms with E-state index in [1.807, 2.05) is 0 Å². The molecule has 6 nitrogen and oxygen atoms in total. The number of carbonyl (C=O) groups is 1. The van der Waals surface area contributed by atoms with Crippen molar-refractivity contribution in [3.63, 3.8) is 0 Å². The largest absolute Gasteiger partial charge is 0.478 e. The van der Waals surface area contributed by atoms with Crippen LogP contribution in [-0.2, 0) is 0 Å². The van der Waals surface area contributed by atoms with Crippen LogP contribution in [0, 0.1) is 0 Å². The molecule has 0 aliphatic heterocycles. The van der Waals surface area contributed by atoms with Crippen LogP contribution < -0.4 is 10.1 Å². The van der Waals surface area contributed by atoms with E-state index in [0.29, 0.717) is 17.4 Å². The summed E-state index contributed by atoms with van der Waals surface area (Å²) in [6, 6.07) is 6.06. The van der Waals surface area contributed by atoms with Crippen molar-refractivity contribution in [2.45, 2.75) is 0 Å². The third kappa shape index (κ3) is 2.73. The van der Waals surface area contributed by atoms with E-state index >= 15 is 0 Å². The fourth-order valence-electron chi connectivity index (χ4n) is 1.30. The van der Waals surface area contributed by atoms with E-state index in [9.17, 15) is 4.79 Å². The quantitative estimate of drug-likeness (QED) is 0.857. The van der Waals surface area contributed by atoms with E-state index in [0.717, 1.165) is 0 Å². The number of nitrogens with one attached hydrogen (secondary N) is 1. The maximum Gasteiger partial charge on any atom is 0.335 e. The number of rotatable bonds is 4. The zero-order chi connectivity index (χ0) is 13.0. The Balaban J connectivity index is 2.15. The third-order valence-electron chi connectivity index (χ3n) is 2.19. The van der Waals surface area contributed by atoms with Crippen molar-refractivity contribution in [1.29, 1.82) is 0 Å². The van der Waals surface area contributed by atoms with Crippen molar-refractivity contribution < 1.29 is 14.6 Å². The first-order valence-corrected chi connectivity index (χ1v) is 5.20. The number of aromatic carboxylic acids is 1. The van der Waals surface area contributed by atoms with Gasteiger partial charge in [0, 0.05) is 7.05 Å². The van der Waals surface area contributed by atoms with Gasteiger partial charge in [-0.2, -0.15) is 4.98 Å². The molecule has 2 aromatic rings. The summed E-state index contributed by atoms with van der Waals surface area (Å²) in [5.41, 5.74) is 0.206. The van der Waals surface area contributed by atoms with E-state index < -0.39 is 5.97 Å². The number of anilines is 1. The zero-order valence-electron chi connectivity index (χ0n) is 9.62. The zero-order valence-corrected chi connectivity index (χ0v) is 9.62. The van der Waals surface area contributed by atoms with Crippen LogP contribution in [-0.4, -0.2) is 28.1 Å². The Bertz CT molecular complexity index is 555. The molecular formula is C12H11N3O3. The number of hydrogen-bond acceptors (Lipinski definition) is 5. The Morgan fingerprint density at radius 2 is 2.00 bits per heavy atom. The first-order valence-electron chi connectivity index (χ1n) is 5.20. The number of ether oxygens (including phenoxy) is 1. The summed E-state index contributed by atoms with van der Waals surface area (Å²) in [4.78, 5) is 18.8. The third-order valence-corrected chi connectivity index (χ3v) is 2.19. The predicted molar refractivity (Wildman–Crippen MR) is 65.1 cm³/mol. The molecule has 0 unspecified atom stereocenters. The van der Waals surface area contributed by atoms with Crippen LogP contribution in [0.25, 0.3) is 0 Å². The molecule has 1 aromatic heterocycles. The van der Waals surface area contributed by atoms with Crippen LogP contribution in [0.3, 0.4) is 0 Å². The summed E-state index contributed by atoms with van der Waals surface area (Å²) in [6.07, 6.45) is 3.05. The Labute approximate surface area is 103 Å². The molecule has 18 heavy (non-hydrogen) atoms. The lowest BCUT2D eigenvalue weighted by Gasteiger charge is -2.05. The van der Waals surface area contributed by atoms with Crippen LogP contribution in [0.15, 0.2) is 36.7 Å². The molecule has 0 bridgehead atoms. The molecule has 0 saturated carbocycles. The number of nitrogens with zero attached hydrogens (tertiary/aromatic N) is 2. The molecule has 0 spiro atoms. The molecule has 0 amide bonds. The van der Waals surface area contributed by atoms with E-state index in [2.05, 4.69) is 15.3 Å². The molecule has 2 rings (SSSR count). The van der Waals surface area contributed by atoms with Crippen molar-refractivity contribution in [2.24, 2.45) is 0 Å². The fraction of sp³-hybridized carbons (Fsp3) is 0.0833. The number of carboxylic acid groups (broad SMARTS) is 1. The normalized spacial score (nSPS) is 9.83. The number of carboxylic acids is 1. The van der Waals surface area contributed by atoms with Crippen molar-refractivity contribution in [1.82, 2.24) is 9.97 Å². The van der Waals surface area contributed by atoms with Crippen LogP contribution in [0.4, 0.5) is 5.82 Å².